The number of rotatable bonds is 7. The number of nitrogens with zero attached hydrogens (tertiary/aromatic N) is 1. The molecule has 0 radical (unpaired) electrons. The van der Waals surface area contributed by atoms with E-state index in [2.05, 4.69) is 5.32 Å². The fourth-order valence-electron chi connectivity index (χ4n) is 2.97. The molecule has 2 aromatic rings. The van der Waals surface area contributed by atoms with E-state index >= 15 is 0 Å². The van der Waals surface area contributed by atoms with Gasteiger partial charge in [0, 0.05) is 0 Å². The third-order valence-electron chi connectivity index (χ3n) is 4.65. The molecular weight excluding hydrogens is 447 g/mol. The number of ether oxygens (including phenoxy) is 1. The Morgan fingerprint density at radius 1 is 0.939 bits per heavy atom. The first-order valence-electron chi connectivity index (χ1n) is 9.45. The zero-order valence-corrected chi connectivity index (χ0v) is 17.0. The number of benzene rings is 2. The van der Waals surface area contributed by atoms with Gasteiger partial charge in [0.25, 0.3) is 17.7 Å². The number of esters is 1. The molecule has 0 fully saturated rings. The fourth-order valence-corrected chi connectivity index (χ4v) is 2.97. The van der Waals surface area contributed by atoms with Crippen LogP contribution in [0.15, 0.2) is 36.4 Å². The molecule has 1 heterocycles. The quantitative estimate of drug-likeness (QED) is 0.364. The average molecular weight is 463 g/mol. The van der Waals surface area contributed by atoms with Crippen LogP contribution in [0.3, 0.4) is 0 Å². The second-order valence-corrected chi connectivity index (χ2v) is 6.86. The molecule has 1 unspecified atom stereocenters. The number of nitrogens with one attached hydrogen (secondary N) is 2. The van der Waals surface area contributed by atoms with Gasteiger partial charge in [0.15, 0.2) is 24.1 Å². The van der Waals surface area contributed by atoms with Crippen molar-refractivity contribution in [2.75, 3.05) is 18.5 Å². The van der Waals surface area contributed by atoms with E-state index in [0.717, 1.165) is 6.07 Å². The predicted octanol–water partition coefficient (Wildman–Crippen LogP) is 1.39. The van der Waals surface area contributed by atoms with E-state index in [4.69, 9.17) is 4.74 Å². The summed E-state index contributed by atoms with van der Waals surface area (Å²) in [5.74, 6) is -9.07. The fraction of sp³-hybridized carbons (Fsp3) is 0.190. The normalized spacial score (nSPS) is 13.4. The Morgan fingerprint density at radius 3 is 2.15 bits per heavy atom. The summed E-state index contributed by atoms with van der Waals surface area (Å²) in [6, 6.07) is 6.12. The van der Waals surface area contributed by atoms with E-state index < -0.39 is 71.9 Å². The van der Waals surface area contributed by atoms with Crippen LogP contribution in [0.5, 0.6) is 0 Å². The highest BCUT2D eigenvalue weighted by atomic mass is 19.2. The van der Waals surface area contributed by atoms with Crippen molar-refractivity contribution in [3.05, 3.63) is 65.0 Å². The van der Waals surface area contributed by atoms with Gasteiger partial charge in [0.1, 0.15) is 6.04 Å². The lowest BCUT2D eigenvalue weighted by atomic mass is 10.1. The summed E-state index contributed by atoms with van der Waals surface area (Å²) in [6.07, 6.45) is 0. The van der Waals surface area contributed by atoms with Gasteiger partial charge >= 0.3 is 5.97 Å². The van der Waals surface area contributed by atoms with Crippen LogP contribution < -0.4 is 10.6 Å². The molecule has 0 aliphatic carbocycles. The average Bonchev–Trinajstić information content (AvgIpc) is 3.06. The monoisotopic (exact) mass is 463 g/mol. The first kappa shape index (κ1) is 23.4. The summed E-state index contributed by atoms with van der Waals surface area (Å²) < 4.78 is 44.4. The standard InChI is InChI=1S/C21H16F3N3O6/c1-10(27-19(30)11-4-2-3-5-12(11)20(27)31)21(32)33-9-16(29)25-8-15(28)26-14-7-6-13(22)17(23)18(14)24/h2-7,10H,8-9H2,1H3,(H,25,29)(H,26,28). The van der Waals surface area contributed by atoms with Crippen molar-refractivity contribution in [1.82, 2.24) is 10.2 Å². The third-order valence-corrected chi connectivity index (χ3v) is 4.65. The molecule has 2 N–H and O–H groups in total. The third kappa shape index (κ3) is 4.84. The summed E-state index contributed by atoms with van der Waals surface area (Å²) in [4.78, 5) is 61.3. The zero-order chi connectivity index (χ0) is 24.3. The van der Waals surface area contributed by atoms with Crippen LogP contribution in [0.1, 0.15) is 27.6 Å². The Balaban J connectivity index is 1.47. The van der Waals surface area contributed by atoms with E-state index in [1.807, 2.05) is 5.32 Å². The smallest absolute Gasteiger partial charge is 0.329 e. The minimum absolute atomic E-state index is 0.142. The molecule has 9 nitrogen and oxygen atoms in total. The number of carbonyl (C=O) groups is 5. The molecule has 0 saturated heterocycles. The van der Waals surface area contributed by atoms with Crippen LogP contribution in [-0.4, -0.2) is 53.7 Å². The largest absolute Gasteiger partial charge is 0.454 e. The summed E-state index contributed by atoms with van der Waals surface area (Å²) in [5.41, 5.74) is -0.346. The molecule has 0 bridgehead atoms. The summed E-state index contributed by atoms with van der Waals surface area (Å²) in [6.45, 7) is -0.270. The van der Waals surface area contributed by atoms with Crippen LogP contribution in [0.25, 0.3) is 0 Å². The van der Waals surface area contributed by atoms with Gasteiger partial charge < -0.3 is 15.4 Å². The van der Waals surface area contributed by atoms with Crippen LogP contribution in [0, 0.1) is 17.5 Å². The van der Waals surface area contributed by atoms with E-state index in [9.17, 15) is 37.1 Å². The lowest BCUT2D eigenvalue weighted by Gasteiger charge is -2.20. The zero-order valence-electron chi connectivity index (χ0n) is 17.0. The van der Waals surface area contributed by atoms with Crippen molar-refractivity contribution in [3.63, 3.8) is 0 Å². The molecule has 33 heavy (non-hydrogen) atoms. The lowest BCUT2D eigenvalue weighted by molar-refractivity contribution is -0.151. The highest BCUT2D eigenvalue weighted by Crippen LogP contribution is 2.24. The second kappa shape index (κ2) is 9.51. The molecule has 0 saturated carbocycles. The topological polar surface area (TPSA) is 122 Å². The number of imide groups is 1. The van der Waals surface area contributed by atoms with E-state index in [-0.39, 0.29) is 11.1 Å². The van der Waals surface area contributed by atoms with Crippen molar-refractivity contribution in [2.45, 2.75) is 13.0 Å². The summed E-state index contributed by atoms with van der Waals surface area (Å²) in [5, 5.41) is 4.03. The summed E-state index contributed by atoms with van der Waals surface area (Å²) in [7, 11) is 0. The van der Waals surface area contributed by atoms with Gasteiger partial charge in [0.05, 0.1) is 23.4 Å². The number of carbonyl (C=O) groups excluding carboxylic acids is 5. The Morgan fingerprint density at radius 2 is 1.55 bits per heavy atom. The molecule has 0 spiro atoms. The van der Waals surface area contributed by atoms with Gasteiger partial charge in [-0.15, -0.1) is 0 Å². The number of halogens is 3. The van der Waals surface area contributed by atoms with Crippen molar-refractivity contribution in [1.29, 1.82) is 0 Å². The van der Waals surface area contributed by atoms with Gasteiger partial charge in [-0.1, -0.05) is 12.1 Å². The molecule has 3 rings (SSSR count). The van der Waals surface area contributed by atoms with Crippen molar-refractivity contribution in [3.8, 4) is 0 Å². The van der Waals surface area contributed by atoms with Crippen LogP contribution in [0.2, 0.25) is 0 Å². The Bertz CT molecular complexity index is 1130. The molecule has 1 atom stereocenters. The maximum Gasteiger partial charge on any atom is 0.329 e. The van der Waals surface area contributed by atoms with Gasteiger partial charge in [0.2, 0.25) is 5.91 Å². The maximum absolute atomic E-state index is 13.6. The highest BCUT2D eigenvalue weighted by molar-refractivity contribution is 6.22. The second-order valence-electron chi connectivity index (χ2n) is 6.86. The predicted molar refractivity (Wildman–Crippen MR) is 105 cm³/mol. The Hall–Kier alpha value is -4.22. The van der Waals surface area contributed by atoms with Crippen LogP contribution in [0.4, 0.5) is 18.9 Å². The number of hydrogen-bond acceptors (Lipinski definition) is 6. The summed E-state index contributed by atoms with van der Waals surface area (Å²) >= 11 is 0. The van der Waals surface area contributed by atoms with E-state index in [0.29, 0.717) is 11.0 Å². The minimum Gasteiger partial charge on any atom is -0.454 e. The number of amides is 4. The molecular formula is C21H16F3N3O6. The molecule has 2 aromatic carbocycles. The number of anilines is 1. The lowest BCUT2D eigenvalue weighted by Crippen LogP contribution is -2.44. The minimum atomic E-state index is -1.77. The molecule has 12 heteroatoms. The Kier molecular flexibility index (Phi) is 6.75. The highest BCUT2D eigenvalue weighted by Gasteiger charge is 2.41. The molecule has 1 aliphatic rings. The first-order valence-corrected chi connectivity index (χ1v) is 9.45. The molecule has 0 aromatic heterocycles. The Labute approximate surface area is 184 Å². The number of fused-ring (bicyclic) bond motifs is 1. The van der Waals surface area contributed by atoms with Gasteiger partial charge in [-0.05, 0) is 31.2 Å². The van der Waals surface area contributed by atoms with Crippen molar-refractivity contribution < 1.29 is 41.9 Å². The van der Waals surface area contributed by atoms with Gasteiger partial charge in [-0.2, -0.15) is 0 Å². The van der Waals surface area contributed by atoms with Gasteiger partial charge in [-0.3, -0.25) is 24.1 Å². The maximum atomic E-state index is 13.6. The van der Waals surface area contributed by atoms with Crippen LogP contribution >= 0.6 is 0 Å². The molecule has 1 aliphatic heterocycles. The molecule has 172 valence electrons. The number of hydrogen-bond donors (Lipinski definition) is 2. The van der Waals surface area contributed by atoms with Crippen molar-refractivity contribution in [2.24, 2.45) is 0 Å². The SMILES string of the molecule is CC(C(=O)OCC(=O)NCC(=O)Nc1ccc(F)c(F)c1F)N1C(=O)c2ccccc2C1=O. The van der Waals surface area contributed by atoms with E-state index in [1.54, 1.807) is 12.1 Å². The van der Waals surface area contributed by atoms with Crippen LogP contribution in [-0.2, 0) is 19.1 Å². The first-order chi connectivity index (χ1) is 15.6. The van der Waals surface area contributed by atoms with E-state index in [1.165, 1.54) is 19.1 Å². The van der Waals surface area contributed by atoms with Crippen molar-refractivity contribution >= 4 is 35.3 Å². The van der Waals surface area contributed by atoms with Gasteiger partial charge in [-0.25, -0.2) is 18.0 Å². The molecule has 4 amide bonds.